The van der Waals surface area contributed by atoms with Crippen molar-refractivity contribution in [2.75, 3.05) is 11.5 Å². The molecular weight excluding hydrogens is 420 g/mol. The van der Waals surface area contributed by atoms with Gasteiger partial charge >= 0.3 is 10.6 Å². The molecule has 1 unspecified atom stereocenters. The van der Waals surface area contributed by atoms with E-state index in [9.17, 15) is 9.59 Å². The Morgan fingerprint density at radius 3 is 2.00 bits per heavy atom. The lowest BCUT2D eigenvalue weighted by atomic mass is 10.1. The number of ether oxygens (including phenoxy) is 2. The van der Waals surface area contributed by atoms with Gasteiger partial charge in [0.05, 0.1) is 0 Å². The molecule has 0 amide bonds. The predicted octanol–water partition coefficient (Wildman–Crippen LogP) is 8.78. The number of rotatable bonds is 14. The van der Waals surface area contributed by atoms with Gasteiger partial charge in [0.1, 0.15) is 12.2 Å². The highest BCUT2D eigenvalue weighted by Crippen LogP contribution is 2.53. The molecule has 4 nitrogen and oxygen atoms in total. The Bertz CT molecular complexity index is 681. The van der Waals surface area contributed by atoms with Crippen LogP contribution in [0.1, 0.15) is 91.0 Å². The van der Waals surface area contributed by atoms with Gasteiger partial charge in [0.2, 0.25) is 0 Å². The molecule has 0 aliphatic carbocycles. The minimum atomic E-state index is -2.45. The molecule has 0 aromatic heterocycles. The van der Waals surface area contributed by atoms with Crippen molar-refractivity contribution in [1.82, 2.24) is 0 Å². The smallest absolute Gasteiger partial charge is 0.360 e. The Morgan fingerprint density at radius 2 is 1.47 bits per heavy atom. The van der Waals surface area contributed by atoms with Crippen molar-refractivity contribution in [1.29, 1.82) is 0 Å². The molecule has 0 aliphatic rings. The molecule has 0 bridgehead atoms. The maximum absolute atomic E-state index is 13.3. The number of unbranched alkanes of at least 4 members (excludes halogenated alkanes) is 8. The minimum absolute atomic E-state index is 0.159. The van der Waals surface area contributed by atoms with Crippen LogP contribution in [0.15, 0.2) is 43.0 Å². The molecule has 0 saturated carbocycles. The van der Waals surface area contributed by atoms with Crippen LogP contribution < -0.4 is 0 Å². The Hall–Kier alpha value is -1.75. The van der Waals surface area contributed by atoms with Crippen LogP contribution in [0, 0.1) is 0 Å². The van der Waals surface area contributed by atoms with Crippen LogP contribution in [0.3, 0.4) is 0 Å². The van der Waals surface area contributed by atoms with Crippen LogP contribution in [0.25, 0.3) is 0 Å². The summed E-state index contributed by atoms with van der Waals surface area (Å²) in [5, 5.41) is -0.863. The molecule has 0 radical (unpaired) electrons. The first-order valence-corrected chi connectivity index (χ1v) is 14.1. The van der Waals surface area contributed by atoms with Gasteiger partial charge in [-0.05, 0) is 48.5 Å². The fourth-order valence-electron chi connectivity index (χ4n) is 3.47. The molecule has 1 aromatic carbocycles. The summed E-state index contributed by atoms with van der Waals surface area (Å²) in [6.45, 7) is 11.7. The first kappa shape index (κ1) is 28.3. The van der Waals surface area contributed by atoms with Gasteiger partial charge in [-0.25, -0.2) is 9.59 Å². The van der Waals surface area contributed by atoms with Crippen molar-refractivity contribution in [2.24, 2.45) is 0 Å². The van der Waals surface area contributed by atoms with E-state index in [1.807, 2.05) is 51.1 Å². The fraction of sp³-hybridized carbons (Fsp3) is 0.630. The molecule has 0 fully saturated rings. The molecule has 1 rings (SSSR count). The van der Waals surface area contributed by atoms with Crippen LogP contribution >= 0.6 is 10.0 Å². The second kappa shape index (κ2) is 15.2. The molecular formula is C27H44O4S. The summed E-state index contributed by atoms with van der Waals surface area (Å²) in [6, 6.07) is 9.55. The number of hydrogen-bond acceptors (Lipinski definition) is 4. The zero-order valence-corrected chi connectivity index (χ0v) is 21.5. The van der Waals surface area contributed by atoms with Crippen LogP contribution in [0.2, 0.25) is 0 Å². The summed E-state index contributed by atoms with van der Waals surface area (Å²) in [4.78, 5) is 26.5. The zero-order valence-electron chi connectivity index (χ0n) is 20.7. The van der Waals surface area contributed by atoms with Crippen molar-refractivity contribution >= 4 is 20.6 Å². The highest BCUT2D eigenvalue weighted by Gasteiger charge is 2.43. The predicted molar refractivity (Wildman–Crippen MR) is 138 cm³/mol. The highest BCUT2D eigenvalue weighted by molar-refractivity contribution is 8.55. The molecule has 0 aliphatic heterocycles. The average Bonchev–Trinajstić information content (AvgIpc) is 2.75. The summed E-state index contributed by atoms with van der Waals surface area (Å²) in [7, 11) is -2.45. The normalized spacial score (nSPS) is 14.2. The maximum Gasteiger partial charge on any atom is 0.360 e. The van der Waals surface area contributed by atoms with Crippen molar-refractivity contribution in [3.05, 3.63) is 48.6 Å². The van der Waals surface area contributed by atoms with E-state index in [0.29, 0.717) is 11.5 Å². The molecule has 0 heterocycles. The molecule has 1 atom stereocenters. The largest absolute Gasteiger partial charge is 0.453 e. The fourth-order valence-corrected chi connectivity index (χ4v) is 6.18. The van der Waals surface area contributed by atoms with Crippen molar-refractivity contribution in [2.45, 2.75) is 97.7 Å². The summed E-state index contributed by atoms with van der Waals surface area (Å²) < 4.78 is 11.4. The maximum atomic E-state index is 13.3. The van der Waals surface area contributed by atoms with Crippen LogP contribution in [0.4, 0.5) is 9.59 Å². The standard InChI is InChI=1S/C27H44O4S/c1-6-8-9-10-11-12-13-14-18-22-32(21-7-2,26(29)31-27(3,4)5)25(28)30-23-24-19-16-15-17-20-24/h7,15-17,19-20H,2,6,8-14,18,21-23H2,1,3-5H3. The minimum Gasteiger partial charge on any atom is -0.453 e. The number of benzene rings is 1. The van der Waals surface area contributed by atoms with Gasteiger partial charge in [0.25, 0.3) is 0 Å². The topological polar surface area (TPSA) is 52.6 Å². The zero-order chi connectivity index (χ0) is 23.9. The van der Waals surface area contributed by atoms with Crippen LogP contribution in [-0.4, -0.2) is 27.7 Å². The number of carbonyl (C=O) groups excluding carboxylic acids is 2. The summed E-state index contributed by atoms with van der Waals surface area (Å²) in [5.41, 5.74) is 0.245. The van der Waals surface area contributed by atoms with Crippen molar-refractivity contribution in [3.8, 4) is 0 Å². The Kier molecular flexibility index (Phi) is 13.4. The van der Waals surface area contributed by atoms with Gasteiger partial charge < -0.3 is 9.47 Å². The lowest BCUT2D eigenvalue weighted by Crippen LogP contribution is -2.33. The Morgan fingerprint density at radius 1 is 0.906 bits per heavy atom. The summed E-state index contributed by atoms with van der Waals surface area (Å²) >= 11 is 0. The van der Waals surface area contributed by atoms with E-state index in [1.54, 1.807) is 6.08 Å². The third-order valence-corrected chi connectivity index (χ3v) is 8.49. The van der Waals surface area contributed by atoms with Gasteiger partial charge in [-0.3, -0.25) is 0 Å². The van der Waals surface area contributed by atoms with Crippen molar-refractivity contribution < 1.29 is 19.1 Å². The van der Waals surface area contributed by atoms with E-state index in [2.05, 4.69) is 13.5 Å². The van der Waals surface area contributed by atoms with Crippen LogP contribution in [-0.2, 0) is 16.1 Å². The van der Waals surface area contributed by atoms with Crippen molar-refractivity contribution in [3.63, 3.8) is 0 Å². The Balaban J connectivity index is 2.77. The highest BCUT2D eigenvalue weighted by atomic mass is 32.3. The van der Waals surface area contributed by atoms with Gasteiger partial charge in [0, 0.05) is 5.75 Å². The summed E-state index contributed by atoms with van der Waals surface area (Å²) in [5.74, 6) is 0.796. The van der Waals surface area contributed by atoms with E-state index in [1.165, 1.54) is 38.5 Å². The first-order chi connectivity index (χ1) is 15.2. The molecule has 1 aromatic rings. The second-order valence-corrected chi connectivity index (χ2v) is 12.5. The Labute approximate surface area is 197 Å². The molecule has 5 heteroatoms. The number of hydrogen-bond donors (Lipinski definition) is 0. The van der Waals surface area contributed by atoms with Crippen LogP contribution in [0.5, 0.6) is 0 Å². The van der Waals surface area contributed by atoms with Gasteiger partial charge in [-0.1, -0.05) is 94.7 Å². The third kappa shape index (κ3) is 10.7. The average molecular weight is 465 g/mol. The molecule has 182 valence electrons. The number of carbonyl (C=O) groups is 2. The lowest BCUT2D eigenvalue weighted by Gasteiger charge is -2.36. The molecule has 0 saturated heterocycles. The van der Waals surface area contributed by atoms with E-state index >= 15 is 0 Å². The third-order valence-electron chi connectivity index (χ3n) is 5.23. The van der Waals surface area contributed by atoms with E-state index < -0.39 is 26.2 Å². The van der Waals surface area contributed by atoms with Gasteiger partial charge in [-0.2, -0.15) is 0 Å². The monoisotopic (exact) mass is 464 g/mol. The lowest BCUT2D eigenvalue weighted by molar-refractivity contribution is 0.0728. The van der Waals surface area contributed by atoms with Gasteiger partial charge in [-0.15, -0.1) is 6.58 Å². The van der Waals surface area contributed by atoms with E-state index in [4.69, 9.17) is 9.47 Å². The van der Waals surface area contributed by atoms with Gasteiger partial charge in [0.15, 0.2) is 0 Å². The molecule has 0 spiro atoms. The summed E-state index contributed by atoms with van der Waals surface area (Å²) in [6.07, 6.45) is 12.3. The quantitative estimate of drug-likeness (QED) is 0.157. The molecule has 0 N–H and O–H groups in total. The van der Waals surface area contributed by atoms with E-state index in [0.717, 1.165) is 24.8 Å². The first-order valence-electron chi connectivity index (χ1n) is 12.1. The van der Waals surface area contributed by atoms with E-state index in [-0.39, 0.29) is 6.61 Å². The molecule has 32 heavy (non-hydrogen) atoms. The second-order valence-electron chi connectivity index (χ2n) is 9.36. The SMILES string of the molecule is C=CCS(CCCCCCCCCCC)(C(=O)OCc1ccccc1)C(=O)OC(C)(C)C.